The number of allylic oxidation sites excluding steroid dienone is 4. The van der Waals surface area contributed by atoms with Crippen LogP contribution in [0.3, 0.4) is 0 Å². The Morgan fingerprint density at radius 1 is 0.554 bits per heavy atom. The SMILES string of the molecule is CC(C)(C)c1c[c-]c2c(c1)-c1cc(C(C)(C)C)ccc1C2.CC(C)(C)c1cc[c-]cc1.CC(C)(C)c1cc[c-]cc1.CC1=[C-]C(C)C=C1C(C)(C)C.Cl.Cl.[CH2]=[Zr]. The summed E-state index contributed by atoms with van der Waals surface area (Å²) in [5.74, 6) is 0.518. The van der Waals surface area contributed by atoms with Gasteiger partial charge in [-0.15, -0.1) is 30.4 Å². The van der Waals surface area contributed by atoms with Crippen LogP contribution in [0.25, 0.3) is 11.1 Å². The summed E-state index contributed by atoms with van der Waals surface area (Å²) in [5.41, 5.74) is 15.1. The summed E-state index contributed by atoms with van der Waals surface area (Å²) in [6.07, 6.45) is 6.74. The van der Waals surface area contributed by atoms with Crippen molar-refractivity contribution in [2.45, 2.75) is 146 Å². The molecule has 0 N–H and O–H groups in total. The third-order valence-corrected chi connectivity index (χ3v) is 9.77. The van der Waals surface area contributed by atoms with Gasteiger partial charge in [0.2, 0.25) is 0 Å². The summed E-state index contributed by atoms with van der Waals surface area (Å²) in [6.45, 7) is 38.0. The van der Waals surface area contributed by atoms with E-state index in [0.29, 0.717) is 11.3 Å². The molecule has 2 aliphatic carbocycles. The molecule has 0 fully saturated rings. The predicted molar refractivity (Wildman–Crippen MR) is 250 cm³/mol. The normalized spacial score (nSPS) is 14.3. The summed E-state index contributed by atoms with van der Waals surface area (Å²) in [5, 5.41) is 0. The third kappa shape index (κ3) is 16.5. The standard InChI is InChI=1S/C21H25.C11H17.2C10H13.CH2.2ClH.Zr/c1-20(2,3)16-9-7-14-11-15-8-10-17(21(4,5)6)13-19(15)18(14)12-16;1-8-6-9(2)10(7-8)11(3,4)5;2*1-10(2,3)9-7-5-4-6-8-9;;;;/h7,9-10,12-13H,11H2,1-6H3;7-8H,1-5H3;2*5-8H,1-3H3;1H2;2*1H;/q4*-1;;;;. The van der Waals surface area contributed by atoms with Crippen molar-refractivity contribution in [3.63, 3.8) is 0 Å². The van der Waals surface area contributed by atoms with Crippen LogP contribution in [0.1, 0.15) is 151 Å². The Hall–Kier alpha value is -2.31. The zero-order valence-corrected chi connectivity index (χ0v) is 42.0. The molecule has 0 saturated carbocycles. The van der Waals surface area contributed by atoms with Gasteiger partial charge in [-0.05, 0) is 28.2 Å². The van der Waals surface area contributed by atoms with Gasteiger partial charge in [-0.2, -0.15) is 113 Å². The molecule has 0 aromatic heterocycles. The molecule has 1 unspecified atom stereocenters. The van der Waals surface area contributed by atoms with E-state index in [0.717, 1.165) is 6.42 Å². The Morgan fingerprint density at radius 2 is 0.964 bits per heavy atom. The summed E-state index contributed by atoms with van der Waals surface area (Å²) in [6, 6.07) is 37.4. The molecule has 0 heterocycles. The number of hydrogen-bond acceptors (Lipinski definition) is 0. The van der Waals surface area contributed by atoms with E-state index < -0.39 is 0 Å². The van der Waals surface area contributed by atoms with Crippen LogP contribution in [0.15, 0.2) is 96.1 Å². The molecule has 4 aromatic carbocycles. The first-order valence-corrected chi connectivity index (χ1v) is 21.3. The second-order valence-corrected chi connectivity index (χ2v) is 19.8. The van der Waals surface area contributed by atoms with Crippen molar-refractivity contribution in [1.29, 1.82) is 0 Å². The fraction of sp³-hybridized carbons (Fsp3) is 0.453. The maximum absolute atomic E-state index is 3.53. The van der Waals surface area contributed by atoms with Crippen molar-refractivity contribution in [1.82, 2.24) is 0 Å². The van der Waals surface area contributed by atoms with Crippen molar-refractivity contribution >= 4 is 29.0 Å². The van der Waals surface area contributed by atoms with Gasteiger partial charge in [0.05, 0.1) is 0 Å². The minimum atomic E-state index is 0. The molecule has 2 aliphatic rings. The van der Waals surface area contributed by atoms with E-state index in [1.54, 1.807) is 0 Å². The summed E-state index contributed by atoms with van der Waals surface area (Å²) < 4.78 is 3.34. The summed E-state index contributed by atoms with van der Waals surface area (Å²) in [7, 11) is 0. The van der Waals surface area contributed by atoms with Gasteiger partial charge >= 0.3 is 28.4 Å². The predicted octanol–water partition coefficient (Wildman–Crippen LogP) is 15.4. The Kier molecular flexibility index (Phi) is 21.3. The molecular weight excluding hydrogens is 799 g/mol. The molecule has 1 atom stereocenters. The van der Waals surface area contributed by atoms with Gasteiger partial charge in [-0.25, -0.2) is 5.57 Å². The van der Waals surface area contributed by atoms with Gasteiger partial charge < -0.3 is 0 Å². The Bertz CT molecular complexity index is 1720. The fourth-order valence-electron chi connectivity index (χ4n) is 6.41. The van der Waals surface area contributed by atoms with Crippen molar-refractivity contribution in [3.05, 3.63) is 154 Å². The Morgan fingerprint density at radius 3 is 1.29 bits per heavy atom. The number of hydrogen-bond donors (Lipinski definition) is 0. The van der Waals surface area contributed by atoms with Crippen molar-refractivity contribution in [3.8, 4) is 11.1 Å². The first-order chi connectivity index (χ1) is 24.8. The molecule has 0 radical (unpaired) electrons. The van der Waals surface area contributed by atoms with Crippen LogP contribution in [0.4, 0.5) is 0 Å². The van der Waals surface area contributed by atoms with Gasteiger partial charge in [0.15, 0.2) is 0 Å². The number of benzene rings is 4. The Balaban J connectivity index is 0.000000745. The molecular formula is C53H72Cl2Zr-4. The molecule has 0 saturated heterocycles. The maximum atomic E-state index is 3.53. The molecule has 56 heavy (non-hydrogen) atoms. The zero-order chi connectivity index (χ0) is 41.3. The van der Waals surface area contributed by atoms with Crippen LogP contribution in [0.2, 0.25) is 0 Å². The van der Waals surface area contributed by atoms with E-state index >= 15 is 0 Å². The van der Waals surface area contributed by atoms with Crippen LogP contribution in [0.5, 0.6) is 0 Å². The topological polar surface area (TPSA) is 0 Å². The van der Waals surface area contributed by atoms with Gasteiger partial charge in [0, 0.05) is 0 Å². The third-order valence-electron chi connectivity index (χ3n) is 9.77. The van der Waals surface area contributed by atoms with Gasteiger partial charge in [0.1, 0.15) is 0 Å². The van der Waals surface area contributed by atoms with E-state index in [-0.39, 0.29) is 46.5 Å². The molecule has 0 spiro atoms. The van der Waals surface area contributed by atoms with E-state index in [2.05, 4.69) is 207 Å². The molecule has 0 aliphatic heterocycles. The first kappa shape index (κ1) is 53.7. The summed E-state index contributed by atoms with van der Waals surface area (Å²) >= 11 is 1.30. The molecule has 3 heteroatoms. The monoisotopic (exact) mass is 868 g/mol. The molecule has 6 rings (SSSR count). The zero-order valence-electron chi connectivity index (χ0n) is 37.9. The molecule has 0 bridgehead atoms. The van der Waals surface area contributed by atoms with Gasteiger partial charge in [-0.1, -0.05) is 164 Å². The van der Waals surface area contributed by atoms with E-state index in [4.69, 9.17) is 0 Å². The van der Waals surface area contributed by atoms with E-state index in [9.17, 15) is 0 Å². The minimum absolute atomic E-state index is 0. The van der Waals surface area contributed by atoms with Gasteiger partial charge in [-0.3, -0.25) is 6.08 Å². The molecule has 0 nitrogen and oxygen atoms in total. The first-order valence-electron chi connectivity index (χ1n) is 19.6. The number of fused-ring (bicyclic) bond motifs is 3. The quantitative estimate of drug-likeness (QED) is 0.136. The van der Waals surface area contributed by atoms with Gasteiger partial charge in [0.25, 0.3) is 0 Å². The second kappa shape index (κ2) is 22.2. The van der Waals surface area contributed by atoms with Crippen molar-refractivity contribution in [2.75, 3.05) is 0 Å². The van der Waals surface area contributed by atoms with E-state index in [1.807, 2.05) is 24.3 Å². The van der Waals surface area contributed by atoms with Crippen LogP contribution in [-0.2, 0) is 52.3 Å². The van der Waals surface area contributed by atoms with Crippen molar-refractivity contribution in [2.24, 2.45) is 11.3 Å². The fourth-order valence-corrected chi connectivity index (χ4v) is 6.41. The summed E-state index contributed by atoms with van der Waals surface area (Å²) in [4.78, 5) is 0. The Labute approximate surface area is 372 Å². The number of rotatable bonds is 0. The van der Waals surface area contributed by atoms with E-state index in [1.165, 1.54) is 79.9 Å². The average Bonchev–Trinajstić information content (AvgIpc) is 3.63. The molecule has 0 amide bonds. The second-order valence-electron chi connectivity index (χ2n) is 19.8. The van der Waals surface area contributed by atoms with Crippen LogP contribution >= 0.6 is 24.8 Å². The average molecular weight is 871 g/mol. The molecule has 4 aromatic rings. The van der Waals surface area contributed by atoms with Crippen LogP contribution < -0.4 is 0 Å². The van der Waals surface area contributed by atoms with Crippen LogP contribution in [-0.4, -0.2) is 4.21 Å². The number of halogens is 2. The van der Waals surface area contributed by atoms with Crippen LogP contribution in [0, 0.1) is 35.6 Å². The van der Waals surface area contributed by atoms with Crippen molar-refractivity contribution < 1.29 is 24.2 Å². The molecule has 306 valence electrons.